The van der Waals surface area contributed by atoms with E-state index in [4.69, 9.17) is 55.0 Å². The summed E-state index contributed by atoms with van der Waals surface area (Å²) in [6, 6.07) is 33.4. The topological polar surface area (TPSA) is 413 Å². The van der Waals surface area contributed by atoms with Crippen LogP contribution >= 0.6 is 48.0 Å². The summed E-state index contributed by atoms with van der Waals surface area (Å²) in [6.07, 6.45) is 13.6. The van der Waals surface area contributed by atoms with Crippen molar-refractivity contribution in [1.29, 1.82) is 10.5 Å². The predicted octanol–water partition coefficient (Wildman–Crippen LogP) is 4.27. The van der Waals surface area contributed by atoms with Gasteiger partial charge in [0.2, 0.25) is 17.8 Å². The van der Waals surface area contributed by atoms with Crippen molar-refractivity contribution >= 4 is 98.2 Å². The molecule has 4 saturated heterocycles. The third-order valence-corrected chi connectivity index (χ3v) is 21.9. The zero-order chi connectivity index (χ0) is 92.4. The Kier molecular flexibility index (Phi) is 59.6. The number of nitriles is 2. The van der Waals surface area contributed by atoms with Gasteiger partial charge in [0.15, 0.2) is 0 Å². The van der Waals surface area contributed by atoms with Crippen LogP contribution in [0.2, 0.25) is 0 Å². The van der Waals surface area contributed by atoms with Gasteiger partial charge < -0.3 is 104 Å². The Morgan fingerprint density at radius 1 is 0.508 bits per heavy atom. The summed E-state index contributed by atoms with van der Waals surface area (Å²) in [4.78, 5) is 99.4. The van der Waals surface area contributed by atoms with E-state index in [0.29, 0.717) is 67.1 Å². The first kappa shape index (κ1) is 126. The fourth-order valence-corrected chi connectivity index (χ4v) is 15.3. The van der Waals surface area contributed by atoms with Crippen molar-refractivity contribution in [2.24, 2.45) is 58.8 Å². The number of primary amides is 2. The summed E-state index contributed by atoms with van der Waals surface area (Å²) in [5.74, 6) is 0.608. The number of aldehydes is 1. The molecule has 8 aliphatic rings. The number of hydrogen-bond donors (Lipinski definition) is 7. The SMILES string of the molecule is CC(=O)OOC(C)=O.CC(C)(C)O.CN(C)CC1CN(C(=O)OC(C)(C)C)CCC1(O)c1cccc(C#N)c1.CN(C)CC1CN(CC2CC2)CCC1(O)c1cccc(C#N)c1.CN(C)CC1CN(CC2CC2)CCC1(O)c1cccc(C(N)=O)c1.CN(C)CC1CN(CC2CC2)CCC1(O)c1cccc(C(N)=O)c1.Cl.Cl.ClCCl.O=CC1CC1.[B-]OC(C)=O.[K+].[Na+].[OH-]. The first-order chi connectivity index (χ1) is 57.6. The number of nitrogens with two attached hydrogens (primary N) is 2. The van der Waals surface area contributed by atoms with E-state index in [1.54, 1.807) is 74.2 Å². The Hall–Kier alpha value is -4.51. The number of amides is 3. The fraction of sp³-hybridized carbons (Fsp3) is 0.641. The summed E-state index contributed by atoms with van der Waals surface area (Å²) in [5, 5.41) is 73.0. The molecule has 4 heterocycles. The van der Waals surface area contributed by atoms with Crippen molar-refractivity contribution in [2.75, 3.05) is 160 Å². The van der Waals surface area contributed by atoms with Gasteiger partial charge in [-0.25, -0.2) is 24.2 Å². The maximum atomic E-state index is 12.5. The van der Waals surface area contributed by atoms with Gasteiger partial charge in [-0.1, -0.05) is 48.5 Å². The van der Waals surface area contributed by atoms with E-state index >= 15 is 0 Å². The number of likely N-dealkylation sites (tertiary alicyclic amines) is 4. The van der Waals surface area contributed by atoms with E-state index in [0.717, 1.165) is 151 Å². The van der Waals surface area contributed by atoms with E-state index < -0.39 is 63.3 Å². The molecular formula is C92H144BCl4KN12NaO17. The quantitative estimate of drug-likeness (QED) is 0.0201. The second-order valence-corrected chi connectivity index (χ2v) is 37.7. The summed E-state index contributed by atoms with van der Waals surface area (Å²) in [6.45, 7) is 27.1. The maximum absolute atomic E-state index is 12.5. The summed E-state index contributed by atoms with van der Waals surface area (Å²) < 4.78 is 9.10. The molecule has 10 N–H and O–H groups in total. The largest absolute Gasteiger partial charge is 1.00 e. The van der Waals surface area contributed by atoms with Crippen LogP contribution in [0.5, 0.6) is 0 Å². The second-order valence-electron chi connectivity index (χ2n) is 36.8. The summed E-state index contributed by atoms with van der Waals surface area (Å²) in [7, 11) is 20.5. The molecule has 4 aromatic rings. The number of aliphatic hydroxyl groups is 5. The van der Waals surface area contributed by atoms with Gasteiger partial charge in [0, 0.05) is 160 Å². The van der Waals surface area contributed by atoms with Crippen LogP contribution in [-0.2, 0) is 60.7 Å². The average Bonchev–Trinajstić information content (AvgIpc) is 1.35. The third kappa shape index (κ3) is 47.1. The molecule has 4 aliphatic carbocycles. The number of carbonyl (C=O) groups excluding carboxylic acids is 7. The Labute approximate surface area is 849 Å². The molecule has 0 spiro atoms. The van der Waals surface area contributed by atoms with Crippen LogP contribution in [0.1, 0.15) is 193 Å². The molecule has 8 atom stereocenters. The first-order valence-electron chi connectivity index (χ1n) is 42.5. The molecule has 0 aromatic heterocycles. The van der Waals surface area contributed by atoms with Crippen LogP contribution in [0.3, 0.4) is 0 Å². The van der Waals surface area contributed by atoms with E-state index in [1.807, 2.05) is 116 Å². The predicted molar refractivity (Wildman–Crippen MR) is 495 cm³/mol. The van der Waals surface area contributed by atoms with Gasteiger partial charge in [0.1, 0.15) is 11.9 Å². The van der Waals surface area contributed by atoms with Gasteiger partial charge >= 0.3 is 99.0 Å². The monoisotopic (exact) mass is 1900 g/mol. The Morgan fingerprint density at radius 2 is 0.773 bits per heavy atom. The fourth-order valence-electron chi connectivity index (χ4n) is 15.3. The Balaban J connectivity index is 0. The van der Waals surface area contributed by atoms with E-state index in [-0.39, 0.29) is 146 Å². The summed E-state index contributed by atoms with van der Waals surface area (Å²) >= 11 is 9.53. The zero-order valence-electron chi connectivity index (χ0n) is 79.2. The van der Waals surface area contributed by atoms with E-state index in [2.05, 4.69) is 78.1 Å². The number of alkyl halides is 2. The minimum atomic E-state index is -1.09. The van der Waals surface area contributed by atoms with Gasteiger partial charge in [0.25, 0.3) is 0 Å². The number of hydrogen-bond acceptors (Lipinski definition) is 26. The molecule has 3 radical (unpaired) electrons. The van der Waals surface area contributed by atoms with Crippen LogP contribution in [0.15, 0.2) is 97.1 Å². The Bertz CT molecular complexity index is 3960. The number of piperidine rings is 4. The molecule has 4 aliphatic heterocycles. The normalized spacial score (nSPS) is 22.8. The van der Waals surface area contributed by atoms with Crippen molar-refractivity contribution in [3.05, 3.63) is 142 Å². The van der Waals surface area contributed by atoms with Crippen molar-refractivity contribution in [1.82, 2.24) is 39.2 Å². The molecule has 8 fully saturated rings. The van der Waals surface area contributed by atoms with Gasteiger partial charge in [-0.2, -0.15) is 10.5 Å². The first-order valence-corrected chi connectivity index (χ1v) is 43.6. The number of rotatable bonds is 21. The molecule has 4 aromatic carbocycles. The molecule has 36 heteroatoms. The van der Waals surface area contributed by atoms with Crippen LogP contribution in [0.4, 0.5) is 4.79 Å². The maximum Gasteiger partial charge on any atom is 1.00 e. The molecular weight excluding hydrogens is 1760 g/mol. The smallest absolute Gasteiger partial charge is 0.870 e. The Morgan fingerprint density at radius 3 is 0.992 bits per heavy atom. The van der Waals surface area contributed by atoms with Gasteiger partial charge in [-0.05, 0) is 264 Å². The molecule has 8 unspecified atom stereocenters. The molecule has 128 heavy (non-hydrogen) atoms. The third-order valence-electron chi connectivity index (χ3n) is 21.9. The van der Waals surface area contributed by atoms with Crippen molar-refractivity contribution < 1.29 is 165 Å². The van der Waals surface area contributed by atoms with Gasteiger partial charge in [-0.3, -0.25) is 14.4 Å². The van der Waals surface area contributed by atoms with Gasteiger partial charge in [0.05, 0.1) is 56.6 Å². The standard InChI is InChI=1S/C20H29N3O3.2C19H29N3O2.C19H27N3O.C4H6O4.C4H6O.C4H10O.C2H3BO2.CH2Cl2.2ClH.K.Na.H2O/c1-19(2,3)26-18(24)23-10-9-20(25,17(14-23)13-22(4)5)16-8-6-7-15(11-16)12-21;2*1-21(2)12-17-13-22(11-14-6-7-14)9-8-19(17,24)16-5-3-4-15(10-16)18(20)23;1-21(2)13-18-14-22(12-15-6-7-15)9-8-19(18,23)17-5-3-4-16(10-17)11-20;1-3(5)7-8-4(2)6;5-3-4-1-2-4;1-4(2,3)5;1-2(4)5-3;2-1-3;;;;;/h6-8,11,17,25H,9-10,13-14H2,1-5H3;2*3-5,10,14,17,24H,6-9,11-13H2,1-2H3,(H2,20,23);3-5,10,15,18,23H,6-9,12-14H2,1-2H3;1-2H3;3-4H,1-2H2;5H,1-3H3;1H3;1H2;2*1H;;;1H2/q;;;;;;;-1;;;;2*+1;/p-1. The van der Waals surface area contributed by atoms with Crippen LogP contribution in [0, 0.1) is 70.0 Å². The number of ether oxygens (including phenoxy) is 1. The van der Waals surface area contributed by atoms with Crippen LogP contribution in [-0.4, -0.2) is 291 Å². The number of carbonyl (C=O) groups is 7. The van der Waals surface area contributed by atoms with E-state index in [1.165, 1.54) is 52.0 Å². The van der Waals surface area contributed by atoms with Crippen molar-refractivity contribution in [3.8, 4) is 12.1 Å². The minimum Gasteiger partial charge on any atom is -0.870 e. The summed E-state index contributed by atoms with van der Waals surface area (Å²) in [5.41, 5.74) is 11.4. The zero-order valence-corrected chi connectivity index (χ0v) is 87.5. The molecule has 0 bridgehead atoms. The van der Waals surface area contributed by atoms with Crippen LogP contribution in [0.25, 0.3) is 0 Å². The molecule has 12 rings (SSSR count). The van der Waals surface area contributed by atoms with Crippen LogP contribution < -0.4 is 92.4 Å². The van der Waals surface area contributed by atoms with Gasteiger partial charge in [-0.15, -0.1) is 48.0 Å². The number of halogens is 4. The van der Waals surface area contributed by atoms with E-state index in [9.17, 15) is 54.0 Å². The number of nitrogens with zero attached hydrogens (tertiary/aromatic N) is 10. The molecule has 4 saturated carbocycles. The molecule has 707 valence electrons. The second kappa shape index (κ2) is 60.8. The minimum absolute atomic E-state index is 0. The molecule has 29 nitrogen and oxygen atoms in total. The molecule has 3 amide bonds. The van der Waals surface area contributed by atoms with Crippen molar-refractivity contribution in [3.63, 3.8) is 0 Å². The number of benzene rings is 4. The average molecular weight is 1900 g/mol. The van der Waals surface area contributed by atoms with Crippen molar-refractivity contribution in [2.45, 2.75) is 173 Å².